The number of carbonyl (C=O) groups is 1. The molecule has 0 spiro atoms. The van der Waals surface area contributed by atoms with E-state index < -0.39 is 0 Å². The molecular formula is C23H23ClN4O2. The highest BCUT2D eigenvalue weighted by molar-refractivity contribution is 6.30. The second-order valence-corrected chi connectivity index (χ2v) is 7.91. The molecule has 1 atom stereocenters. The number of carbonyl (C=O) groups excluding carboxylic acids is 1. The van der Waals surface area contributed by atoms with Crippen molar-refractivity contribution in [1.29, 1.82) is 0 Å². The lowest BCUT2D eigenvalue weighted by atomic mass is 10.1. The molecule has 0 radical (unpaired) electrons. The van der Waals surface area contributed by atoms with Crippen LogP contribution in [0.5, 0.6) is 0 Å². The molecule has 6 nitrogen and oxygen atoms in total. The Labute approximate surface area is 180 Å². The van der Waals surface area contributed by atoms with E-state index in [1.54, 1.807) is 12.3 Å². The Balaban J connectivity index is 1.34. The maximum absolute atomic E-state index is 12.5. The number of rotatable bonds is 6. The maximum Gasteiger partial charge on any atom is 0.269 e. The van der Waals surface area contributed by atoms with E-state index >= 15 is 0 Å². The molecule has 2 heterocycles. The van der Waals surface area contributed by atoms with Gasteiger partial charge in [-0.25, -0.2) is 4.68 Å². The van der Waals surface area contributed by atoms with E-state index in [1.165, 1.54) is 4.68 Å². The van der Waals surface area contributed by atoms with Gasteiger partial charge in [0.05, 0.1) is 24.3 Å². The molecule has 3 aromatic rings. The van der Waals surface area contributed by atoms with Crippen LogP contribution in [0.1, 0.15) is 17.5 Å². The normalized spacial score (nSPS) is 15.9. The van der Waals surface area contributed by atoms with Crippen LogP contribution < -0.4 is 15.8 Å². The molecule has 30 heavy (non-hydrogen) atoms. The van der Waals surface area contributed by atoms with Crippen LogP contribution in [0.3, 0.4) is 0 Å². The van der Waals surface area contributed by atoms with Gasteiger partial charge >= 0.3 is 0 Å². The highest BCUT2D eigenvalue weighted by Crippen LogP contribution is 2.22. The first kappa shape index (κ1) is 20.2. The van der Waals surface area contributed by atoms with Crippen molar-refractivity contribution >= 4 is 23.2 Å². The SMILES string of the molecule is O=C(NCc1ccc(Cl)cc1)C1CCN(c2cnn(Cc3ccccc3)c(=O)c2)C1. The molecule has 1 N–H and O–H groups in total. The summed E-state index contributed by atoms with van der Waals surface area (Å²) in [5.74, 6) is -0.0816. The molecule has 2 aromatic carbocycles. The van der Waals surface area contributed by atoms with Gasteiger partial charge in [0, 0.05) is 30.7 Å². The van der Waals surface area contributed by atoms with Crippen LogP contribution in [0.4, 0.5) is 5.69 Å². The molecule has 1 aliphatic heterocycles. The van der Waals surface area contributed by atoms with E-state index in [-0.39, 0.29) is 17.4 Å². The number of aromatic nitrogens is 2. The minimum absolute atomic E-state index is 0.0258. The van der Waals surface area contributed by atoms with Crippen molar-refractivity contribution in [3.63, 3.8) is 0 Å². The summed E-state index contributed by atoms with van der Waals surface area (Å²) in [7, 11) is 0. The van der Waals surface area contributed by atoms with Crippen molar-refractivity contribution in [3.8, 4) is 0 Å². The van der Waals surface area contributed by atoms with Gasteiger partial charge in [-0.2, -0.15) is 5.10 Å². The van der Waals surface area contributed by atoms with Crippen LogP contribution in [0.2, 0.25) is 5.02 Å². The molecule has 0 saturated carbocycles. The Hall–Kier alpha value is -3.12. The molecule has 7 heteroatoms. The van der Waals surface area contributed by atoms with Gasteiger partial charge in [0.1, 0.15) is 0 Å². The van der Waals surface area contributed by atoms with Crippen molar-refractivity contribution in [1.82, 2.24) is 15.1 Å². The predicted octanol–water partition coefficient (Wildman–Crippen LogP) is 3.09. The average Bonchev–Trinajstić information content (AvgIpc) is 3.26. The molecule has 4 rings (SSSR count). The number of hydrogen-bond donors (Lipinski definition) is 1. The van der Waals surface area contributed by atoms with Crippen molar-refractivity contribution in [3.05, 3.63) is 93.4 Å². The number of hydrogen-bond acceptors (Lipinski definition) is 4. The molecule has 154 valence electrons. The van der Waals surface area contributed by atoms with Gasteiger partial charge in [0.15, 0.2) is 0 Å². The summed E-state index contributed by atoms with van der Waals surface area (Å²) in [5, 5.41) is 7.99. The second-order valence-electron chi connectivity index (χ2n) is 7.47. The van der Waals surface area contributed by atoms with Gasteiger partial charge in [-0.1, -0.05) is 54.1 Å². The van der Waals surface area contributed by atoms with Crippen molar-refractivity contribution in [2.45, 2.75) is 19.5 Å². The summed E-state index contributed by atoms with van der Waals surface area (Å²) in [6, 6.07) is 18.8. The smallest absolute Gasteiger partial charge is 0.269 e. The summed E-state index contributed by atoms with van der Waals surface area (Å²) < 4.78 is 1.45. The van der Waals surface area contributed by atoms with E-state index in [0.29, 0.717) is 24.7 Å². The maximum atomic E-state index is 12.5. The molecule has 1 aromatic heterocycles. The largest absolute Gasteiger partial charge is 0.369 e. The monoisotopic (exact) mass is 422 g/mol. The van der Waals surface area contributed by atoms with E-state index in [0.717, 1.165) is 29.8 Å². The number of amides is 1. The molecular weight excluding hydrogens is 400 g/mol. The third-order valence-electron chi connectivity index (χ3n) is 5.33. The number of halogens is 1. The fourth-order valence-electron chi connectivity index (χ4n) is 3.62. The minimum Gasteiger partial charge on any atom is -0.369 e. The average molecular weight is 423 g/mol. The zero-order chi connectivity index (χ0) is 20.9. The van der Waals surface area contributed by atoms with Gasteiger partial charge in [-0.3, -0.25) is 9.59 Å². The first-order chi connectivity index (χ1) is 14.6. The number of nitrogens with zero attached hydrogens (tertiary/aromatic N) is 3. The van der Waals surface area contributed by atoms with Gasteiger partial charge in [-0.05, 0) is 29.7 Å². The third kappa shape index (κ3) is 4.89. The lowest BCUT2D eigenvalue weighted by Crippen LogP contribution is -2.33. The summed E-state index contributed by atoms with van der Waals surface area (Å²) in [4.78, 5) is 27.1. The van der Waals surface area contributed by atoms with Gasteiger partial charge < -0.3 is 10.2 Å². The zero-order valence-corrected chi connectivity index (χ0v) is 17.3. The van der Waals surface area contributed by atoms with Crippen molar-refractivity contribution < 1.29 is 4.79 Å². The Bertz CT molecular complexity index is 1070. The topological polar surface area (TPSA) is 67.2 Å². The third-order valence-corrected chi connectivity index (χ3v) is 5.59. The number of nitrogens with one attached hydrogen (secondary N) is 1. The standard InChI is InChI=1S/C23H23ClN4O2/c24-20-8-6-17(7-9-20)13-25-23(30)19-10-11-27(16-19)21-12-22(29)28(26-14-21)15-18-4-2-1-3-5-18/h1-9,12,14,19H,10-11,13,15-16H2,(H,25,30). The van der Waals surface area contributed by atoms with Crippen molar-refractivity contribution in [2.75, 3.05) is 18.0 Å². The lowest BCUT2D eigenvalue weighted by Gasteiger charge is -2.18. The van der Waals surface area contributed by atoms with Crippen LogP contribution in [-0.2, 0) is 17.9 Å². The Morgan fingerprint density at radius 3 is 2.60 bits per heavy atom. The zero-order valence-electron chi connectivity index (χ0n) is 16.5. The molecule has 0 bridgehead atoms. The fraction of sp³-hybridized carbons (Fsp3) is 0.261. The summed E-state index contributed by atoms with van der Waals surface area (Å²) in [6.45, 7) is 2.22. The van der Waals surface area contributed by atoms with E-state index in [2.05, 4.69) is 10.4 Å². The first-order valence-corrected chi connectivity index (χ1v) is 10.3. The highest BCUT2D eigenvalue weighted by Gasteiger charge is 2.28. The van der Waals surface area contributed by atoms with E-state index in [9.17, 15) is 9.59 Å². The Morgan fingerprint density at radius 2 is 1.87 bits per heavy atom. The summed E-state index contributed by atoms with van der Waals surface area (Å²) >= 11 is 5.89. The van der Waals surface area contributed by atoms with Crippen LogP contribution in [-0.4, -0.2) is 28.8 Å². The number of benzene rings is 2. The first-order valence-electron chi connectivity index (χ1n) is 9.97. The van der Waals surface area contributed by atoms with Gasteiger partial charge in [0.25, 0.3) is 5.56 Å². The minimum atomic E-state index is -0.146. The highest BCUT2D eigenvalue weighted by atomic mass is 35.5. The quantitative estimate of drug-likeness (QED) is 0.662. The van der Waals surface area contributed by atoms with Gasteiger partial charge in [0.2, 0.25) is 5.91 Å². The molecule has 1 fully saturated rings. The van der Waals surface area contributed by atoms with Gasteiger partial charge in [-0.15, -0.1) is 0 Å². The Kier molecular flexibility index (Phi) is 6.14. The molecule has 0 aliphatic carbocycles. The number of anilines is 1. The molecule has 1 amide bonds. The Morgan fingerprint density at radius 1 is 1.10 bits per heavy atom. The van der Waals surface area contributed by atoms with E-state index in [4.69, 9.17) is 11.6 Å². The molecule has 1 aliphatic rings. The predicted molar refractivity (Wildman–Crippen MR) is 118 cm³/mol. The molecule has 1 unspecified atom stereocenters. The van der Waals surface area contributed by atoms with Crippen molar-refractivity contribution in [2.24, 2.45) is 5.92 Å². The van der Waals surface area contributed by atoms with Crippen LogP contribution in [0, 0.1) is 5.92 Å². The second kappa shape index (κ2) is 9.13. The summed E-state index contributed by atoms with van der Waals surface area (Å²) in [6.07, 6.45) is 2.46. The molecule has 1 saturated heterocycles. The van der Waals surface area contributed by atoms with Crippen LogP contribution in [0.15, 0.2) is 71.7 Å². The summed E-state index contributed by atoms with van der Waals surface area (Å²) in [5.41, 5.74) is 2.65. The lowest BCUT2D eigenvalue weighted by molar-refractivity contribution is -0.124. The van der Waals surface area contributed by atoms with Crippen LogP contribution >= 0.6 is 11.6 Å². The fourth-order valence-corrected chi connectivity index (χ4v) is 3.74. The van der Waals surface area contributed by atoms with E-state index in [1.807, 2.05) is 59.5 Å². The van der Waals surface area contributed by atoms with Crippen LogP contribution in [0.25, 0.3) is 0 Å².